The minimum atomic E-state index is -3.79. The van der Waals surface area contributed by atoms with Crippen LogP contribution in [0.2, 0.25) is 0 Å². The van der Waals surface area contributed by atoms with Crippen LogP contribution in [0.4, 0.5) is 5.13 Å². The molecule has 1 aliphatic heterocycles. The molecule has 38 heavy (non-hydrogen) atoms. The Balaban J connectivity index is 1.38. The van der Waals surface area contributed by atoms with Gasteiger partial charge in [0.05, 0.1) is 43.6 Å². The van der Waals surface area contributed by atoms with Crippen LogP contribution >= 0.6 is 11.3 Å². The van der Waals surface area contributed by atoms with Crippen LogP contribution in [0.3, 0.4) is 0 Å². The lowest BCUT2D eigenvalue weighted by atomic mass is 10.1. The van der Waals surface area contributed by atoms with E-state index in [2.05, 4.69) is 10.3 Å². The number of nitrogens with zero attached hydrogens (tertiary/aromatic N) is 2. The summed E-state index contributed by atoms with van der Waals surface area (Å²) in [6.45, 7) is 2.19. The summed E-state index contributed by atoms with van der Waals surface area (Å²) < 4.78 is 48.2. The molecule has 0 aliphatic carbocycles. The molecule has 2 heterocycles. The molecule has 3 aromatic rings. The number of thiazole rings is 1. The SMILES string of the molecule is COc1ccc(-c2csc(NC(=O)COC(=O)c3cc(S(=O)(=O)N4CCOCC4)ccc3C)n2)cc1OC. The molecule has 1 fully saturated rings. The average molecular weight is 562 g/mol. The molecule has 202 valence electrons. The standard InChI is InChI=1S/C25H27N3O8S2/c1-16-4-6-18(38(31,32)28-8-10-35-11-9-28)13-19(16)24(30)36-14-23(29)27-25-26-20(15-37-25)17-5-7-21(33-2)22(12-17)34-3/h4-7,12-13,15H,8-11,14H2,1-3H3,(H,26,27,29). The second-order valence-corrected chi connectivity index (χ2v) is 11.0. The summed E-state index contributed by atoms with van der Waals surface area (Å²) in [7, 11) is -0.705. The molecule has 0 saturated carbocycles. The van der Waals surface area contributed by atoms with Crippen molar-refractivity contribution in [3.63, 3.8) is 0 Å². The Morgan fingerprint density at radius 1 is 1.08 bits per heavy atom. The van der Waals surface area contributed by atoms with Crippen molar-refractivity contribution in [2.75, 3.05) is 52.4 Å². The third-order valence-electron chi connectivity index (χ3n) is 5.80. The smallest absolute Gasteiger partial charge is 0.338 e. The van der Waals surface area contributed by atoms with Crippen LogP contribution in [-0.2, 0) is 24.3 Å². The van der Waals surface area contributed by atoms with E-state index < -0.39 is 28.5 Å². The number of rotatable bonds is 9. The zero-order valence-corrected chi connectivity index (χ0v) is 22.7. The van der Waals surface area contributed by atoms with E-state index in [0.717, 1.165) is 5.56 Å². The van der Waals surface area contributed by atoms with Gasteiger partial charge in [0.2, 0.25) is 10.0 Å². The van der Waals surface area contributed by atoms with Crippen molar-refractivity contribution < 1.29 is 37.0 Å². The number of esters is 1. The van der Waals surface area contributed by atoms with Crippen LogP contribution in [0.15, 0.2) is 46.7 Å². The molecular formula is C25H27N3O8S2. The van der Waals surface area contributed by atoms with E-state index in [0.29, 0.717) is 41.1 Å². The van der Waals surface area contributed by atoms with E-state index in [1.165, 1.54) is 41.0 Å². The van der Waals surface area contributed by atoms with Crippen LogP contribution in [0.5, 0.6) is 11.5 Å². The van der Waals surface area contributed by atoms with Gasteiger partial charge in [0.1, 0.15) is 0 Å². The first-order valence-corrected chi connectivity index (χ1v) is 13.9. The number of sulfonamides is 1. The van der Waals surface area contributed by atoms with Gasteiger partial charge in [-0.05, 0) is 42.8 Å². The highest BCUT2D eigenvalue weighted by atomic mass is 32.2. The highest BCUT2D eigenvalue weighted by molar-refractivity contribution is 7.89. The molecule has 0 unspecified atom stereocenters. The Labute approximate surface area is 224 Å². The lowest BCUT2D eigenvalue weighted by Gasteiger charge is -2.26. The molecule has 2 aromatic carbocycles. The number of amides is 1. The maximum absolute atomic E-state index is 13.0. The summed E-state index contributed by atoms with van der Waals surface area (Å²) in [5, 5.41) is 4.70. The van der Waals surface area contributed by atoms with Gasteiger partial charge in [0.25, 0.3) is 5.91 Å². The number of ether oxygens (including phenoxy) is 4. The van der Waals surface area contributed by atoms with E-state index in [9.17, 15) is 18.0 Å². The number of hydrogen-bond donors (Lipinski definition) is 1. The topological polar surface area (TPSA) is 133 Å². The lowest BCUT2D eigenvalue weighted by Crippen LogP contribution is -2.40. The van der Waals surface area contributed by atoms with Gasteiger partial charge >= 0.3 is 5.97 Å². The zero-order chi connectivity index (χ0) is 27.3. The number of nitrogens with one attached hydrogen (secondary N) is 1. The Hall–Kier alpha value is -3.52. The number of aromatic nitrogens is 1. The van der Waals surface area contributed by atoms with Crippen molar-refractivity contribution in [1.29, 1.82) is 0 Å². The minimum Gasteiger partial charge on any atom is -0.493 e. The average Bonchev–Trinajstić information content (AvgIpc) is 3.40. The first-order valence-electron chi connectivity index (χ1n) is 11.6. The van der Waals surface area contributed by atoms with Crippen molar-refractivity contribution in [1.82, 2.24) is 9.29 Å². The van der Waals surface area contributed by atoms with Crippen molar-refractivity contribution in [2.45, 2.75) is 11.8 Å². The van der Waals surface area contributed by atoms with Crippen LogP contribution in [0.25, 0.3) is 11.3 Å². The monoisotopic (exact) mass is 561 g/mol. The molecule has 1 aliphatic rings. The third kappa shape index (κ3) is 6.13. The quantitative estimate of drug-likeness (QED) is 0.392. The number of methoxy groups -OCH3 is 2. The zero-order valence-electron chi connectivity index (χ0n) is 21.1. The summed E-state index contributed by atoms with van der Waals surface area (Å²) >= 11 is 1.21. The largest absolute Gasteiger partial charge is 0.493 e. The van der Waals surface area contributed by atoms with E-state index >= 15 is 0 Å². The summed E-state index contributed by atoms with van der Waals surface area (Å²) in [5.74, 6) is -0.253. The second kappa shape index (κ2) is 11.9. The first-order chi connectivity index (χ1) is 18.2. The fraction of sp³-hybridized carbons (Fsp3) is 0.320. The van der Waals surface area contributed by atoms with Crippen LogP contribution in [-0.4, -0.2) is 76.7 Å². The summed E-state index contributed by atoms with van der Waals surface area (Å²) in [6.07, 6.45) is 0. The second-order valence-electron chi connectivity index (χ2n) is 8.23. The summed E-state index contributed by atoms with van der Waals surface area (Å²) in [4.78, 5) is 29.5. The fourth-order valence-corrected chi connectivity index (χ4v) is 5.91. The van der Waals surface area contributed by atoms with E-state index in [-0.39, 0.29) is 23.5 Å². The Morgan fingerprint density at radius 3 is 2.53 bits per heavy atom. The Bertz CT molecular complexity index is 1430. The molecule has 1 N–H and O–H groups in total. The van der Waals surface area contributed by atoms with Gasteiger partial charge in [-0.15, -0.1) is 11.3 Å². The number of carbonyl (C=O) groups excluding carboxylic acids is 2. The molecule has 0 spiro atoms. The van der Waals surface area contributed by atoms with Gasteiger partial charge in [-0.2, -0.15) is 4.31 Å². The first kappa shape index (κ1) is 27.5. The van der Waals surface area contributed by atoms with E-state index in [1.54, 1.807) is 31.5 Å². The van der Waals surface area contributed by atoms with Crippen molar-refractivity contribution >= 4 is 38.4 Å². The van der Waals surface area contributed by atoms with Gasteiger partial charge in [-0.25, -0.2) is 18.2 Å². The molecule has 1 amide bonds. The highest BCUT2D eigenvalue weighted by Crippen LogP contribution is 2.33. The van der Waals surface area contributed by atoms with Crippen molar-refractivity contribution in [2.24, 2.45) is 0 Å². The molecule has 0 bridgehead atoms. The Morgan fingerprint density at radius 2 is 1.82 bits per heavy atom. The predicted molar refractivity (Wildman–Crippen MR) is 140 cm³/mol. The van der Waals surface area contributed by atoms with Crippen LogP contribution in [0, 0.1) is 6.92 Å². The van der Waals surface area contributed by atoms with Gasteiger partial charge in [-0.1, -0.05) is 6.07 Å². The number of aryl methyl sites for hydroxylation is 1. The predicted octanol–water partition coefficient (Wildman–Crippen LogP) is 2.95. The lowest BCUT2D eigenvalue weighted by molar-refractivity contribution is -0.119. The normalized spacial score (nSPS) is 14.1. The molecule has 13 heteroatoms. The van der Waals surface area contributed by atoms with Gasteiger partial charge in [0.15, 0.2) is 23.2 Å². The van der Waals surface area contributed by atoms with E-state index in [1.807, 2.05) is 6.07 Å². The maximum Gasteiger partial charge on any atom is 0.338 e. The number of anilines is 1. The summed E-state index contributed by atoms with van der Waals surface area (Å²) in [6, 6.07) is 9.61. The van der Waals surface area contributed by atoms with Crippen molar-refractivity contribution in [3.05, 3.63) is 52.9 Å². The van der Waals surface area contributed by atoms with Crippen LogP contribution < -0.4 is 14.8 Å². The summed E-state index contributed by atoms with van der Waals surface area (Å²) in [5.41, 5.74) is 1.98. The molecule has 1 aromatic heterocycles. The third-order valence-corrected chi connectivity index (χ3v) is 8.45. The molecular weight excluding hydrogens is 534 g/mol. The fourth-order valence-electron chi connectivity index (χ4n) is 3.74. The van der Waals surface area contributed by atoms with Crippen LogP contribution in [0.1, 0.15) is 15.9 Å². The molecule has 11 nitrogen and oxygen atoms in total. The Kier molecular flexibility index (Phi) is 8.62. The van der Waals surface area contributed by atoms with Gasteiger partial charge in [-0.3, -0.25) is 10.1 Å². The molecule has 1 saturated heterocycles. The van der Waals surface area contributed by atoms with Gasteiger partial charge < -0.3 is 18.9 Å². The molecule has 0 radical (unpaired) electrons. The number of benzene rings is 2. The van der Waals surface area contributed by atoms with E-state index in [4.69, 9.17) is 18.9 Å². The number of hydrogen-bond acceptors (Lipinski definition) is 10. The maximum atomic E-state index is 13.0. The van der Waals surface area contributed by atoms with Gasteiger partial charge in [0, 0.05) is 24.0 Å². The molecule has 4 rings (SSSR count). The number of carbonyl (C=O) groups is 2. The highest BCUT2D eigenvalue weighted by Gasteiger charge is 2.27. The molecule has 0 atom stereocenters. The number of morpholine rings is 1. The minimum absolute atomic E-state index is 0.0214. The van der Waals surface area contributed by atoms with Crippen molar-refractivity contribution in [3.8, 4) is 22.8 Å².